The first kappa shape index (κ1) is 15.8. The van der Waals surface area contributed by atoms with Crippen LogP contribution in [-0.2, 0) is 15.9 Å². The summed E-state index contributed by atoms with van der Waals surface area (Å²) in [7, 11) is 0. The van der Waals surface area contributed by atoms with Crippen LogP contribution >= 0.6 is 0 Å². The van der Waals surface area contributed by atoms with Gasteiger partial charge in [-0.25, -0.2) is 0 Å². The van der Waals surface area contributed by atoms with Crippen LogP contribution in [0.2, 0.25) is 0 Å². The van der Waals surface area contributed by atoms with E-state index in [1.165, 1.54) is 0 Å². The van der Waals surface area contributed by atoms with Crippen LogP contribution in [0.3, 0.4) is 0 Å². The molecular weight excluding hydrogens is 256 g/mol. The lowest BCUT2D eigenvalue weighted by Gasteiger charge is -2.08. The van der Waals surface area contributed by atoms with Gasteiger partial charge in [0, 0.05) is 24.4 Å². The highest BCUT2D eigenvalue weighted by Gasteiger charge is 2.12. The Balaban J connectivity index is 0.000000312. The molecule has 3 heteroatoms. The summed E-state index contributed by atoms with van der Waals surface area (Å²) in [6.07, 6.45) is 0. The van der Waals surface area contributed by atoms with Gasteiger partial charge in [-0.15, -0.1) is 0 Å². The van der Waals surface area contributed by atoms with Crippen molar-refractivity contribution < 1.29 is 9.29 Å². The molecule has 0 fully saturated rings. The number of benzene rings is 2. The molecule has 2 aromatic rings. The Morgan fingerprint density at radius 3 is 1.42 bits per heavy atom. The third-order valence-electron chi connectivity index (χ3n) is 2.32. The van der Waals surface area contributed by atoms with Crippen LogP contribution in [0.25, 0.3) is 0 Å². The van der Waals surface area contributed by atoms with Crippen molar-refractivity contribution >= 4 is 11.2 Å². The molecule has 0 unspecified atom stereocenters. The lowest BCUT2D eigenvalue weighted by molar-refractivity contribution is 0.162. The molecule has 0 atom stereocenters. The fourth-order valence-electron chi connectivity index (χ4n) is 1.43. The van der Waals surface area contributed by atoms with Gasteiger partial charge in [-0.3, -0.25) is 0 Å². The van der Waals surface area contributed by atoms with Crippen molar-refractivity contribution in [3.63, 3.8) is 0 Å². The van der Waals surface area contributed by atoms with E-state index in [0.717, 1.165) is 23.0 Å². The van der Waals surface area contributed by atoms with Crippen LogP contribution in [0.15, 0.2) is 70.5 Å². The molecule has 102 valence electrons. The maximum absolute atomic E-state index is 12.0. The predicted molar refractivity (Wildman–Crippen MR) is 79.7 cm³/mol. The van der Waals surface area contributed by atoms with Crippen LogP contribution in [-0.4, -0.2) is 17.8 Å². The first-order chi connectivity index (χ1) is 9.29. The molecule has 0 heterocycles. The minimum Gasteiger partial charge on any atom is -0.606 e. The maximum Gasteiger partial charge on any atom is 0.158 e. The highest BCUT2D eigenvalue weighted by molar-refractivity contribution is 7.91. The normalized spacial score (nSPS) is 9.89. The molecule has 0 amide bonds. The molecule has 2 rings (SSSR count). The molecule has 19 heavy (non-hydrogen) atoms. The van der Waals surface area contributed by atoms with E-state index in [0.29, 0.717) is 0 Å². The van der Waals surface area contributed by atoms with Crippen molar-refractivity contribution in [1.82, 2.24) is 0 Å². The van der Waals surface area contributed by atoms with Gasteiger partial charge < -0.3 is 9.29 Å². The molecule has 0 aliphatic carbocycles. The largest absolute Gasteiger partial charge is 0.606 e. The number of hydrogen-bond donors (Lipinski definition) is 0. The average molecular weight is 276 g/mol. The van der Waals surface area contributed by atoms with Crippen LogP contribution < -0.4 is 0 Å². The summed E-state index contributed by atoms with van der Waals surface area (Å²) in [6.45, 7) is 5.67. The van der Waals surface area contributed by atoms with Gasteiger partial charge in [-0.1, -0.05) is 36.4 Å². The topological polar surface area (TPSA) is 32.3 Å². The Morgan fingerprint density at radius 2 is 1.16 bits per heavy atom. The molecule has 0 saturated heterocycles. The summed E-state index contributed by atoms with van der Waals surface area (Å²) >= 11 is -1.05. The van der Waals surface area contributed by atoms with Crippen molar-refractivity contribution in [2.45, 2.75) is 23.6 Å². The van der Waals surface area contributed by atoms with Gasteiger partial charge in [0.25, 0.3) is 0 Å². The van der Waals surface area contributed by atoms with E-state index in [2.05, 4.69) is 0 Å². The molecule has 0 saturated carbocycles. The molecule has 2 aromatic carbocycles. The van der Waals surface area contributed by atoms with Gasteiger partial charge in [0.2, 0.25) is 0 Å². The summed E-state index contributed by atoms with van der Waals surface area (Å²) in [6, 6.07) is 19.0. The zero-order valence-electron chi connectivity index (χ0n) is 11.4. The Bertz CT molecular complexity index is 390. The van der Waals surface area contributed by atoms with Crippen LogP contribution in [0.1, 0.15) is 13.8 Å². The minimum absolute atomic E-state index is 0.844. The van der Waals surface area contributed by atoms with Gasteiger partial charge in [-0.2, -0.15) is 0 Å². The summed E-state index contributed by atoms with van der Waals surface area (Å²) in [5, 5.41) is 0. The van der Waals surface area contributed by atoms with E-state index in [9.17, 15) is 4.55 Å². The van der Waals surface area contributed by atoms with Crippen LogP contribution in [0.5, 0.6) is 0 Å². The van der Waals surface area contributed by atoms with Crippen LogP contribution in [0, 0.1) is 0 Å². The molecule has 0 spiro atoms. The SMILES string of the molecule is CCOCC.[O-][S+](c1ccccc1)c1ccccc1. The minimum atomic E-state index is -1.05. The second-order valence-electron chi connectivity index (χ2n) is 3.68. The molecular formula is C16H20O2S. The van der Waals surface area contributed by atoms with Gasteiger partial charge in [0.1, 0.15) is 0 Å². The molecule has 0 bridgehead atoms. The van der Waals surface area contributed by atoms with Crippen molar-refractivity contribution in [2.24, 2.45) is 0 Å². The standard InChI is InChI=1S/C12H10OS.C4H10O/c13-14(11-7-3-1-4-8-11)12-9-5-2-6-10-12;1-3-5-4-2/h1-10H;3-4H2,1-2H3. The summed E-state index contributed by atoms with van der Waals surface area (Å²) < 4.78 is 16.8. The Kier molecular flexibility index (Phi) is 7.98. The van der Waals surface area contributed by atoms with Crippen molar-refractivity contribution in [1.29, 1.82) is 0 Å². The first-order valence-electron chi connectivity index (χ1n) is 6.39. The van der Waals surface area contributed by atoms with Gasteiger partial charge >= 0.3 is 0 Å². The van der Waals surface area contributed by atoms with Crippen molar-refractivity contribution in [3.8, 4) is 0 Å². The smallest absolute Gasteiger partial charge is 0.158 e. The van der Waals surface area contributed by atoms with Gasteiger partial charge in [-0.05, 0) is 38.1 Å². The maximum atomic E-state index is 12.0. The third kappa shape index (κ3) is 5.92. The van der Waals surface area contributed by atoms with E-state index in [1.807, 2.05) is 74.5 Å². The lowest BCUT2D eigenvalue weighted by atomic mass is 10.4. The zero-order chi connectivity index (χ0) is 13.9. The molecule has 0 N–H and O–H groups in total. The highest BCUT2D eigenvalue weighted by Crippen LogP contribution is 2.19. The average Bonchev–Trinajstić information content (AvgIpc) is 2.50. The monoisotopic (exact) mass is 276 g/mol. The van der Waals surface area contributed by atoms with E-state index >= 15 is 0 Å². The quantitative estimate of drug-likeness (QED) is 0.793. The van der Waals surface area contributed by atoms with Gasteiger partial charge in [0.05, 0.1) is 0 Å². The van der Waals surface area contributed by atoms with Crippen LogP contribution in [0.4, 0.5) is 0 Å². The Morgan fingerprint density at radius 1 is 0.789 bits per heavy atom. The first-order valence-corrected chi connectivity index (χ1v) is 7.54. The summed E-state index contributed by atoms with van der Waals surface area (Å²) in [5.74, 6) is 0. The number of hydrogen-bond acceptors (Lipinski definition) is 2. The van der Waals surface area contributed by atoms with Crippen molar-refractivity contribution in [2.75, 3.05) is 13.2 Å². The number of rotatable bonds is 4. The zero-order valence-corrected chi connectivity index (χ0v) is 12.2. The van der Waals surface area contributed by atoms with E-state index in [-0.39, 0.29) is 0 Å². The molecule has 0 aliphatic heterocycles. The summed E-state index contributed by atoms with van der Waals surface area (Å²) in [4.78, 5) is 1.69. The van der Waals surface area contributed by atoms with Crippen molar-refractivity contribution in [3.05, 3.63) is 60.7 Å². The fourth-order valence-corrected chi connectivity index (χ4v) is 2.51. The molecule has 0 radical (unpaired) electrons. The Hall–Kier alpha value is -1.29. The lowest BCUT2D eigenvalue weighted by Crippen LogP contribution is -2.00. The van der Waals surface area contributed by atoms with E-state index in [1.54, 1.807) is 0 Å². The molecule has 0 aromatic heterocycles. The fraction of sp³-hybridized carbons (Fsp3) is 0.250. The highest BCUT2D eigenvalue weighted by atomic mass is 32.2. The second kappa shape index (κ2) is 9.62. The summed E-state index contributed by atoms with van der Waals surface area (Å²) in [5.41, 5.74) is 0. The van der Waals surface area contributed by atoms with E-state index < -0.39 is 11.2 Å². The third-order valence-corrected chi connectivity index (χ3v) is 3.72. The number of ether oxygens (including phenoxy) is 1. The van der Waals surface area contributed by atoms with E-state index in [4.69, 9.17) is 4.74 Å². The second-order valence-corrected chi connectivity index (χ2v) is 5.16. The molecule has 2 nitrogen and oxygen atoms in total. The Labute approximate surface area is 118 Å². The molecule has 0 aliphatic rings. The predicted octanol–water partition coefficient (Wildman–Crippen LogP) is 3.90. The van der Waals surface area contributed by atoms with Gasteiger partial charge in [0.15, 0.2) is 9.79 Å².